The van der Waals surface area contributed by atoms with Crippen LogP contribution in [0.1, 0.15) is 35.2 Å². The summed E-state index contributed by atoms with van der Waals surface area (Å²) in [7, 11) is 1.64. The first-order valence-corrected chi connectivity index (χ1v) is 11.1. The Labute approximate surface area is 192 Å². The van der Waals surface area contributed by atoms with Gasteiger partial charge in [0.25, 0.3) is 0 Å². The zero-order valence-corrected chi connectivity index (χ0v) is 18.7. The number of methoxy groups -OCH3 is 1. The zero-order chi connectivity index (χ0) is 22.9. The molecule has 5 rings (SSSR count). The number of aryl methyl sites for hydroxylation is 1. The second kappa shape index (κ2) is 8.69. The van der Waals surface area contributed by atoms with Crippen LogP contribution >= 0.6 is 0 Å². The number of anilines is 1. The fraction of sp³-hybridized carbons (Fsp3) is 0.360. The summed E-state index contributed by atoms with van der Waals surface area (Å²) in [6.45, 7) is 3.49. The summed E-state index contributed by atoms with van der Waals surface area (Å²) in [5, 5.41) is 4.10. The molecule has 0 bridgehead atoms. The second-order valence-electron chi connectivity index (χ2n) is 8.72. The lowest BCUT2D eigenvalue weighted by atomic mass is 9.96. The molecule has 2 aliphatic rings. The number of nitrogens with zero attached hydrogens (tertiary/aromatic N) is 4. The van der Waals surface area contributed by atoms with Crippen molar-refractivity contribution < 1.29 is 18.8 Å². The van der Waals surface area contributed by atoms with E-state index in [9.17, 15) is 9.59 Å². The van der Waals surface area contributed by atoms with E-state index in [1.54, 1.807) is 16.9 Å². The maximum atomic E-state index is 13.0. The molecule has 2 amide bonds. The number of rotatable bonds is 6. The number of carbonyl (C=O) groups is 2. The Bertz CT molecular complexity index is 1170. The summed E-state index contributed by atoms with van der Waals surface area (Å²) in [6, 6.07) is 15.6. The van der Waals surface area contributed by atoms with Gasteiger partial charge in [0, 0.05) is 43.7 Å². The summed E-state index contributed by atoms with van der Waals surface area (Å²) in [4.78, 5) is 33.5. The van der Waals surface area contributed by atoms with Crippen LogP contribution in [0.5, 0.6) is 5.75 Å². The van der Waals surface area contributed by atoms with Crippen molar-refractivity contribution in [2.75, 3.05) is 31.6 Å². The largest absolute Gasteiger partial charge is 0.496 e. The van der Waals surface area contributed by atoms with Crippen LogP contribution in [0.25, 0.3) is 0 Å². The molecule has 33 heavy (non-hydrogen) atoms. The first-order valence-electron chi connectivity index (χ1n) is 11.1. The third kappa shape index (κ3) is 4.20. The van der Waals surface area contributed by atoms with Gasteiger partial charge in [0.1, 0.15) is 5.75 Å². The Hall–Kier alpha value is -3.68. The zero-order valence-electron chi connectivity index (χ0n) is 18.7. The van der Waals surface area contributed by atoms with Crippen LogP contribution in [-0.2, 0) is 16.0 Å². The number of aromatic nitrogens is 2. The number of benzene rings is 2. The average Bonchev–Trinajstić information content (AvgIpc) is 3.40. The second-order valence-corrected chi connectivity index (χ2v) is 8.72. The van der Waals surface area contributed by atoms with Gasteiger partial charge in [-0.2, -0.15) is 4.98 Å². The Morgan fingerprint density at radius 2 is 1.88 bits per heavy atom. The molecule has 0 spiro atoms. The molecular weight excluding hydrogens is 420 g/mol. The molecule has 8 nitrogen and oxygen atoms in total. The minimum Gasteiger partial charge on any atom is -0.496 e. The summed E-state index contributed by atoms with van der Waals surface area (Å²) in [5.41, 5.74) is 2.97. The van der Waals surface area contributed by atoms with Crippen molar-refractivity contribution in [3.8, 4) is 5.75 Å². The molecule has 2 saturated heterocycles. The average molecular weight is 447 g/mol. The number of carbonyl (C=O) groups excluding carboxylic acids is 2. The number of likely N-dealkylation sites (tertiary alicyclic amines) is 1. The van der Waals surface area contributed by atoms with Crippen LogP contribution in [0.3, 0.4) is 0 Å². The van der Waals surface area contributed by atoms with Crippen LogP contribution in [0.4, 0.5) is 5.69 Å². The molecule has 0 saturated carbocycles. The van der Waals surface area contributed by atoms with Crippen LogP contribution in [0, 0.1) is 12.8 Å². The predicted molar refractivity (Wildman–Crippen MR) is 121 cm³/mol. The van der Waals surface area contributed by atoms with Gasteiger partial charge in [0.2, 0.25) is 17.7 Å². The maximum Gasteiger partial charge on any atom is 0.233 e. The van der Waals surface area contributed by atoms with E-state index in [0.29, 0.717) is 37.8 Å². The van der Waals surface area contributed by atoms with E-state index in [1.807, 2.05) is 55.5 Å². The Morgan fingerprint density at radius 1 is 1.12 bits per heavy atom. The van der Waals surface area contributed by atoms with Crippen molar-refractivity contribution in [2.24, 2.45) is 5.92 Å². The third-order valence-electron chi connectivity index (χ3n) is 6.39. The molecule has 0 radical (unpaired) electrons. The van der Waals surface area contributed by atoms with Crippen molar-refractivity contribution >= 4 is 17.5 Å². The van der Waals surface area contributed by atoms with E-state index in [4.69, 9.17) is 9.26 Å². The molecule has 1 aromatic heterocycles. The first-order chi connectivity index (χ1) is 16.0. The molecule has 1 unspecified atom stereocenters. The first kappa shape index (κ1) is 21.2. The van der Waals surface area contributed by atoms with Crippen molar-refractivity contribution in [2.45, 2.75) is 25.7 Å². The Balaban J connectivity index is 1.17. The lowest BCUT2D eigenvalue weighted by Crippen LogP contribution is -2.51. The van der Waals surface area contributed by atoms with Crippen LogP contribution in [0.2, 0.25) is 0 Å². The van der Waals surface area contributed by atoms with Gasteiger partial charge in [-0.25, -0.2) is 0 Å². The highest BCUT2D eigenvalue weighted by atomic mass is 16.5. The van der Waals surface area contributed by atoms with Gasteiger partial charge in [-0.3, -0.25) is 9.59 Å². The normalized spacial score (nSPS) is 18.5. The van der Waals surface area contributed by atoms with Crippen LogP contribution in [-0.4, -0.2) is 53.6 Å². The van der Waals surface area contributed by atoms with E-state index >= 15 is 0 Å². The fourth-order valence-corrected chi connectivity index (χ4v) is 4.44. The highest BCUT2D eigenvalue weighted by molar-refractivity contribution is 6.00. The van der Waals surface area contributed by atoms with Gasteiger partial charge in [-0.1, -0.05) is 41.1 Å². The predicted octanol–water partition coefficient (Wildman–Crippen LogP) is 2.96. The van der Waals surface area contributed by atoms with Crippen LogP contribution < -0.4 is 9.64 Å². The number of para-hydroxylation sites is 1. The summed E-state index contributed by atoms with van der Waals surface area (Å²) in [5.74, 6) is 1.65. The molecule has 1 atom stereocenters. The monoisotopic (exact) mass is 446 g/mol. The van der Waals surface area contributed by atoms with E-state index in [0.717, 1.165) is 22.6 Å². The lowest BCUT2D eigenvalue weighted by molar-refractivity contribution is -0.140. The van der Waals surface area contributed by atoms with Crippen molar-refractivity contribution in [1.82, 2.24) is 15.0 Å². The van der Waals surface area contributed by atoms with E-state index in [2.05, 4.69) is 10.1 Å². The van der Waals surface area contributed by atoms with Gasteiger partial charge in [-0.15, -0.1) is 0 Å². The highest BCUT2D eigenvalue weighted by Crippen LogP contribution is 2.32. The van der Waals surface area contributed by atoms with Gasteiger partial charge in [0.15, 0.2) is 5.82 Å². The molecule has 0 aliphatic carbocycles. The summed E-state index contributed by atoms with van der Waals surface area (Å²) >= 11 is 0. The highest BCUT2D eigenvalue weighted by Gasteiger charge is 2.42. The number of hydrogen-bond acceptors (Lipinski definition) is 6. The van der Waals surface area contributed by atoms with Crippen molar-refractivity contribution in [3.63, 3.8) is 0 Å². The Kier molecular flexibility index (Phi) is 5.58. The molecule has 2 aliphatic heterocycles. The molecule has 2 aromatic carbocycles. The van der Waals surface area contributed by atoms with Crippen molar-refractivity contribution in [1.29, 1.82) is 0 Å². The molecule has 2 fully saturated rings. The van der Waals surface area contributed by atoms with E-state index < -0.39 is 0 Å². The van der Waals surface area contributed by atoms with Gasteiger partial charge in [-0.05, 0) is 25.1 Å². The standard InChI is InChI=1S/C25H26N4O4/c1-16-7-9-20(10-8-16)29-15-18(12-23(29)30)25(31)28-13-19(14-28)24-26-22(27-33-24)11-17-5-3-4-6-21(17)32-2/h3-10,18-19H,11-15H2,1-2H3. The van der Waals surface area contributed by atoms with Gasteiger partial charge in [0.05, 0.1) is 18.9 Å². The molecule has 170 valence electrons. The molecular formula is C25H26N4O4. The third-order valence-corrected chi connectivity index (χ3v) is 6.39. The molecule has 8 heteroatoms. The number of hydrogen-bond donors (Lipinski definition) is 0. The van der Waals surface area contributed by atoms with Gasteiger partial charge < -0.3 is 19.1 Å². The van der Waals surface area contributed by atoms with Gasteiger partial charge >= 0.3 is 0 Å². The SMILES string of the molecule is COc1ccccc1Cc1noc(C2CN(C(=O)C3CC(=O)N(c4ccc(C)cc4)C3)C2)n1. The fourth-order valence-electron chi connectivity index (χ4n) is 4.44. The Morgan fingerprint density at radius 3 is 2.64 bits per heavy atom. The maximum absolute atomic E-state index is 13.0. The lowest BCUT2D eigenvalue weighted by Gasteiger charge is -2.38. The number of amides is 2. The summed E-state index contributed by atoms with van der Waals surface area (Å²) in [6.07, 6.45) is 0.763. The van der Waals surface area contributed by atoms with Crippen LogP contribution in [0.15, 0.2) is 53.1 Å². The van der Waals surface area contributed by atoms with Crippen molar-refractivity contribution in [3.05, 3.63) is 71.4 Å². The minimum atomic E-state index is -0.316. The smallest absolute Gasteiger partial charge is 0.233 e. The van der Waals surface area contributed by atoms with E-state index in [-0.39, 0.29) is 30.1 Å². The quantitative estimate of drug-likeness (QED) is 0.579. The molecule has 3 heterocycles. The number of ether oxygens (including phenoxy) is 1. The molecule has 3 aromatic rings. The summed E-state index contributed by atoms with van der Waals surface area (Å²) < 4.78 is 10.9. The topological polar surface area (TPSA) is 88.8 Å². The van der Waals surface area contributed by atoms with E-state index in [1.165, 1.54) is 0 Å². The minimum absolute atomic E-state index is 0.00726. The molecule has 0 N–H and O–H groups in total.